The molecule has 16 heavy (non-hydrogen) atoms. The zero-order valence-electron chi connectivity index (χ0n) is 9.75. The highest BCUT2D eigenvalue weighted by atomic mass is 79.9. The molecule has 0 bridgehead atoms. The largest absolute Gasteiger partial charge is 0.493 e. The van der Waals surface area contributed by atoms with Crippen LogP contribution in [0.4, 0.5) is 0 Å². The Morgan fingerprint density at radius 3 is 2.94 bits per heavy atom. The van der Waals surface area contributed by atoms with Crippen LogP contribution >= 0.6 is 27.7 Å². The molecule has 1 aromatic carbocycles. The minimum atomic E-state index is 0.767. The van der Waals surface area contributed by atoms with E-state index in [1.165, 1.54) is 5.56 Å². The Labute approximate surface area is 110 Å². The quantitative estimate of drug-likeness (QED) is 0.781. The molecule has 0 spiro atoms. The van der Waals surface area contributed by atoms with Gasteiger partial charge in [-0.1, -0.05) is 22.9 Å². The molecule has 0 aromatic heterocycles. The molecule has 1 rings (SSSR count). The predicted octanol–water partition coefficient (Wildman–Crippen LogP) is 3.30. The molecule has 0 saturated heterocycles. The molecule has 0 aliphatic rings. The topological polar surface area (TPSA) is 21.3 Å². The molecule has 0 fully saturated rings. The zero-order valence-corrected chi connectivity index (χ0v) is 12.2. The van der Waals surface area contributed by atoms with Crippen LogP contribution in [0.25, 0.3) is 0 Å². The lowest BCUT2D eigenvalue weighted by Crippen LogP contribution is -2.12. The summed E-state index contributed by atoms with van der Waals surface area (Å²) in [4.78, 5) is 0. The van der Waals surface area contributed by atoms with Crippen LogP contribution in [0, 0.1) is 0 Å². The molecule has 0 unspecified atom stereocenters. The second-order valence-electron chi connectivity index (χ2n) is 3.37. The third-order valence-corrected chi connectivity index (χ3v) is 3.49. The average Bonchev–Trinajstić information content (AvgIpc) is 2.30. The van der Waals surface area contributed by atoms with Gasteiger partial charge in [-0.15, -0.1) is 0 Å². The Bertz CT molecular complexity index is 320. The summed E-state index contributed by atoms with van der Waals surface area (Å²) in [5.41, 5.74) is 1.24. The summed E-state index contributed by atoms with van der Waals surface area (Å²) >= 11 is 5.34. The normalized spacial score (nSPS) is 10.4. The van der Waals surface area contributed by atoms with Gasteiger partial charge in [0.25, 0.3) is 0 Å². The van der Waals surface area contributed by atoms with Gasteiger partial charge < -0.3 is 10.1 Å². The van der Waals surface area contributed by atoms with Gasteiger partial charge in [0.15, 0.2) is 0 Å². The van der Waals surface area contributed by atoms with E-state index in [1.807, 2.05) is 12.1 Å². The molecular formula is C12H18BrNOS. The van der Waals surface area contributed by atoms with Crippen molar-refractivity contribution in [2.45, 2.75) is 13.5 Å². The van der Waals surface area contributed by atoms with Crippen molar-refractivity contribution in [2.75, 3.05) is 25.2 Å². The van der Waals surface area contributed by atoms with E-state index in [-0.39, 0.29) is 0 Å². The summed E-state index contributed by atoms with van der Waals surface area (Å²) in [6, 6.07) is 6.13. The van der Waals surface area contributed by atoms with E-state index in [0.717, 1.165) is 35.7 Å². The summed E-state index contributed by atoms with van der Waals surface area (Å²) in [5, 5.41) is 3.31. The highest BCUT2D eigenvalue weighted by Crippen LogP contribution is 2.22. The van der Waals surface area contributed by atoms with E-state index in [4.69, 9.17) is 4.74 Å². The molecule has 0 radical (unpaired) electrons. The monoisotopic (exact) mass is 303 g/mol. The number of halogens is 1. The average molecular weight is 304 g/mol. The minimum Gasteiger partial charge on any atom is -0.493 e. The van der Waals surface area contributed by atoms with Crippen molar-refractivity contribution in [3.8, 4) is 5.75 Å². The van der Waals surface area contributed by atoms with Crippen molar-refractivity contribution in [2.24, 2.45) is 0 Å². The maximum atomic E-state index is 5.65. The van der Waals surface area contributed by atoms with E-state index in [0.29, 0.717) is 0 Å². The molecule has 0 saturated carbocycles. The Hall–Kier alpha value is -0.190. The third-order valence-electron chi connectivity index (χ3n) is 2.14. The van der Waals surface area contributed by atoms with Crippen molar-refractivity contribution < 1.29 is 4.74 Å². The van der Waals surface area contributed by atoms with Gasteiger partial charge in [0.1, 0.15) is 5.75 Å². The molecule has 0 amide bonds. The Morgan fingerprint density at radius 2 is 2.25 bits per heavy atom. The molecule has 0 aliphatic heterocycles. The number of benzene rings is 1. The van der Waals surface area contributed by atoms with Crippen LogP contribution in [0.15, 0.2) is 22.7 Å². The first-order valence-corrected chi connectivity index (χ1v) is 7.57. The first kappa shape index (κ1) is 13.9. The van der Waals surface area contributed by atoms with E-state index in [9.17, 15) is 0 Å². The smallest absolute Gasteiger partial charge is 0.119 e. The van der Waals surface area contributed by atoms with E-state index < -0.39 is 0 Å². The molecule has 90 valence electrons. The fourth-order valence-electron chi connectivity index (χ4n) is 1.28. The van der Waals surface area contributed by atoms with Crippen LogP contribution in [-0.2, 0) is 6.54 Å². The summed E-state index contributed by atoms with van der Waals surface area (Å²) in [5.74, 6) is 1.98. The molecule has 2 nitrogen and oxygen atoms in total. The minimum absolute atomic E-state index is 0.767. The van der Waals surface area contributed by atoms with Crippen LogP contribution in [0.5, 0.6) is 5.75 Å². The maximum Gasteiger partial charge on any atom is 0.119 e. The lowest BCUT2D eigenvalue weighted by Gasteiger charge is -2.09. The summed E-state index contributed by atoms with van der Waals surface area (Å²) < 4.78 is 6.78. The second-order valence-corrected chi connectivity index (χ2v) is 5.21. The van der Waals surface area contributed by atoms with E-state index in [1.54, 1.807) is 11.8 Å². The SMILES string of the molecule is CCNCc1cc(OCCSC)ccc1Br. The fourth-order valence-corrected chi connectivity index (χ4v) is 1.92. The highest BCUT2D eigenvalue weighted by molar-refractivity contribution is 9.10. The predicted molar refractivity (Wildman–Crippen MR) is 75.4 cm³/mol. The Balaban J connectivity index is 2.58. The van der Waals surface area contributed by atoms with Gasteiger partial charge in [-0.05, 0) is 36.6 Å². The highest BCUT2D eigenvalue weighted by Gasteiger charge is 2.02. The molecule has 1 N–H and O–H groups in total. The molecule has 0 aliphatic carbocycles. The first-order valence-electron chi connectivity index (χ1n) is 5.38. The van der Waals surface area contributed by atoms with Gasteiger partial charge in [-0.25, -0.2) is 0 Å². The Kier molecular flexibility index (Phi) is 6.92. The third kappa shape index (κ3) is 4.76. The summed E-state index contributed by atoms with van der Waals surface area (Å²) in [6.07, 6.45) is 2.08. The van der Waals surface area contributed by atoms with Gasteiger partial charge >= 0.3 is 0 Å². The van der Waals surface area contributed by atoms with Crippen LogP contribution in [-0.4, -0.2) is 25.2 Å². The number of ether oxygens (including phenoxy) is 1. The van der Waals surface area contributed by atoms with Gasteiger partial charge in [0.2, 0.25) is 0 Å². The van der Waals surface area contributed by atoms with Crippen molar-refractivity contribution in [1.29, 1.82) is 0 Å². The van der Waals surface area contributed by atoms with Gasteiger partial charge in [-0.2, -0.15) is 11.8 Å². The molecular weight excluding hydrogens is 286 g/mol. The van der Waals surface area contributed by atoms with Crippen molar-refractivity contribution in [3.63, 3.8) is 0 Å². The molecule has 4 heteroatoms. The van der Waals surface area contributed by atoms with Crippen LogP contribution < -0.4 is 10.1 Å². The van der Waals surface area contributed by atoms with Gasteiger partial charge in [0, 0.05) is 16.8 Å². The van der Waals surface area contributed by atoms with Crippen molar-refractivity contribution >= 4 is 27.7 Å². The van der Waals surface area contributed by atoms with Gasteiger partial charge in [-0.3, -0.25) is 0 Å². The first-order chi connectivity index (χ1) is 7.77. The van der Waals surface area contributed by atoms with Crippen molar-refractivity contribution in [3.05, 3.63) is 28.2 Å². The van der Waals surface area contributed by atoms with Crippen LogP contribution in [0.1, 0.15) is 12.5 Å². The number of nitrogens with one attached hydrogen (secondary N) is 1. The number of hydrogen-bond donors (Lipinski definition) is 1. The zero-order chi connectivity index (χ0) is 11.8. The number of rotatable bonds is 7. The Morgan fingerprint density at radius 1 is 1.44 bits per heavy atom. The standard InChI is InChI=1S/C12H18BrNOS/c1-3-14-9-10-8-11(4-5-12(10)13)15-6-7-16-2/h4-5,8,14H,3,6-7,9H2,1-2H3. The molecule has 0 heterocycles. The van der Waals surface area contributed by atoms with E-state index >= 15 is 0 Å². The van der Waals surface area contributed by atoms with Crippen LogP contribution in [0.2, 0.25) is 0 Å². The number of hydrogen-bond acceptors (Lipinski definition) is 3. The molecule has 1 aromatic rings. The fraction of sp³-hybridized carbons (Fsp3) is 0.500. The summed E-state index contributed by atoms with van der Waals surface area (Å²) in [6.45, 7) is 4.72. The van der Waals surface area contributed by atoms with E-state index in [2.05, 4.69) is 40.5 Å². The van der Waals surface area contributed by atoms with Crippen LogP contribution in [0.3, 0.4) is 0 Å². The molecule has 0 atom stereocenters. The van der Waals surface area contributed by atoms with Crippen molar-refractivity contribution in [1.82, 2.24) is 5.32 Å². The summed E-state index contributed by atoms with van der Waals surface area (Å²) in [7, 11) is 0. The van der Waals surface area contributed by atoms with Gasteiger partial charge in [0.05, 0.1) is 6.61 Å². The lowest BCUT2D eigenvalue weighted by atomic mass is 10.2. The second kappa shape index (κ2) is 7.98. The number of thioether (sulfide) groups is 1. The lowest BCUT2D eigenvalue weighted by molar-refractivity contribution is 0.343. The maximum absolute atomic E-state index is 5.65.